The summed E-state index contributed by atoms with van der Waals surface area (Å²) in [7, 11) is 0. The molecule has 0 saturated carbocycles. The van der Waals surface area contributed by atoms with Gasteiger partial charge in [-0.25, -0.2) is 4.98 Å². The number of nitrogens with one attached hydrogen (secondary N) is 1. The molecule has 0 saturated heterocycles. The van der Waals surface area contributed by atoms with Crippen LogP contribution in [-0.4, -0.2) is 20.3 Å². The van der Waals surface area contributed by atoms with Gasteiger partial charge in [-0.2, -0.15) is 5.10 Å². The number of imidazole rings is 1. The predicted molar refractivity (Wildman–Crippen MR) is 84.4 cm³/mol. The van der Waals surface area contributed by atoms with Crippen LogP contribution in [0.1, 0.15) is 31.2 Å². The molecule has 0 spiro atoms. The zero-order valence-corrected chi connectivity index (χ0v) is 12.2. The van der Waals surface area contributed by atoms with Gasteiger partial charge in [0.05, 0.1) is 10.7 Å². The first-order chi connectivity index (χ1) is 9.78. The van der Waals surface area contributed by atoms with Gasteiger partial charge in [-0.15, -0.1) is 0 Å². The molecule has 2 aromatic rings. The van der Waals surface area contributed by atoms with Crippen LogP contribution in [-0.2, 0) is 6.42 Å². The van der Waals surface area contributed by atoms with Crippen LogP contribution in [0.3, 0.4) is 0 Å². The molecule has 102 valence electrons. The van der Waals surface area contributed by atoms with E-state index < -0.39 is 0 Å². The lowest BCUT2D eigenvalue weighted by molar-refractivity contribution is 0.890. The van der Waals surface area contributed by atoms with Gasteiger partial charge in [0, 0.05) is 30.9 Å². The predicted octanol–water partition coefficient (Wildman–Crippen LogP) is 2.85. The fraction of sp³-hybridized carbons (Fsp3) is 0.267. The van der Waals surface area contributed by atoms with Crippen LogP contribution < -0.4 is 5.43 Å². The zero-order valence-electron chi connectivity index (χ0n) is 11.3. The van der Waals surface area contributed by atoms with Gasteiger partial charge in [-0.05, 0) is 24.1 Å². The molecule has 1 N–H and O–H groups in total. The van der Waals surface area contributed by atoms with Crippen molar-refractivity contribution >= 4 is 22.9 Å². The molecule has 0 atom stereocenters. The van der Waals surface area contributed by atoms with Crippen LogP contribution in [0.15, 0.2) is 41.8 Å². The second-order valence-corrected chi connectivity index (χ2v) is 5.20. The summed E-state index contributed by atoms with van der Waals surface area (Å²) in [6.07, 6.45) is 6.52. The summed E-state index contributed by atoms with van der Waals surface area (Å²) in [4.78, 5) is 5.16. The van der Waals surface area contributed by atoms with E-state index in [9.17, 15) is 0 Å². The normalized spacial score (nSPS) is 14.8. The second-order valence-electron chi connectivity index (χ2n) is 4.71. The lowest BCUT2D eigenvalue weighted by Crippen LogP contribution is -2.24. The molecule has 0 amide bonds. The van der Waals surface area contributed by atoms with Crippen LogP contribution in [0.5, 0.6) is 0 Å². The van der Waals surface area contributed by atoms with Crippen molar-refractivity contribution in [1.29, 1.82) is 0 Å². The fourth-order valence-electron chi connectivity index (χ4n) is 2.33. The van der Waals surface area contributed by atoms with Gasteiger partial charge < -0.3 is 4.57 Å². The Morgan fingerprint density at radius 2 is 2.05 bits per heavy atom. The average molecular weight is 284 g/mol. The average Bonchev–Trinajstić information content (AvgIpc) is 2.97. The highest BCUT2D eigenvalue weighted by Crippen LogP contribution is 2.15. The molecule has 1 aliphatic heterocycles. The first-order valence-electron chi connectivity index (χ1n) is 6.76. The van der Waals surface area contributed by atoms with Gasteiger partial charge in [0.2, 0.25) is 0 Å². The Balaban J connectivity index is 1.87. The van der Waals surface area contributed by atoms with E-state index in [2.05, 4.69) is 51.3 Å². The molecule has 5 heteroatoms. The second kappa shape index (κ2) is 5.54. The number of hydrazone groups is 1. The summed E-state index contributed by atoms with van der Waals surface area (Å²) in [6.45, 7) is 2.11. The zero-order chi connectivity index (χ0) is 13.9. The van der Waals surface area contributed by atoms with Crippen molar-refractivity contribution in [2.75, 3.05) is 0 Å². The molecule has 20 heavy (non-hydrogen) atoms. The minimum Gasteiger partial charge on any atom is -0.304 e. The summed E-state index contributed by atoms with van der Waals surface area (Å²) in [6, 6.07) is 8.41. The van der Waals surface area contributed by atoms with Crippen molar-refractivity contribution in [3.63, 3.8) is 0 Å². The maximum Gasteiger partial charge on any atom is 0.112 e. The van der Waals surface area contributed by atoms with Gasteiger partial charge in [-0.1, -0.05) is 31.3 Å². The van der Waals surface area contributed by atoms with E-state index in [-0.39, 0.29) is 0 Å². The number of benzene rings is 1. The van der Waals surface area contributed by atoms with Crippen LogP contribution in [0, 0.1) is 0 Å². The molecule has 1 aromatic carbocycles. The van der Waals surface area contributed by atoms with Crippen molar-refractivity contribution in [3.8, 4) is 5.69 Å². The quantitative estimate of drug-likeness (QED) is 0.881. The number of thiocarbonyl (C=S) groups is 1. The van der Waals surface area contributed by atoms with E-state index in [0.29, 0.717) is 0 Å². The molecule has 0 bridgehead atoms. The number of hydrogen-bond donors (Lipinski definition) is 1. The maximum atomic E-state index is 5.08. The summed E-state index contributed by atoms with van der Waals surface area (Å²) >= 11 is 5.08. The minimum atomic E-state index is 0.816. The lowest BCUT2D eigenvalue weighted by Gasteiger charge is -2.14. The molecule has 3 rings (SSSR count). The Morgan fingerprint density at radius 1 is 1.25 bits per heavy atom. The largest absolute Gasteiger partial charge is 0.304 e. The van der Waals surface area contributed by atoms with E-state index in [1.54, 1.807) is 0 Å². The number of hydrogen-bond acceptors (Lipinski definition) is 3. The Bertz CT molecular complexity index is 655. The van der Waals surface area contributed by atoms with Crippen molar-refractivity contribution in [2.45, 2.75) is 26.2 Å². The number of nitrogens with zero attached hydrogens (tertiary/aromatic N) is 3. The molecule has 1 aromatic heterocycles. The monoisotopic (exact) mass is 284 g/mol. The van der Waals surface area contributed by atoms with E-state index in [1.165, 1.54) is 0 Å². The molecular weight excluding hydrogens is 268 g/mol. The minimum absolute atomic E-state index is 0.816. The highest BCUT2D eigenvalue weighted by Gasteiger charge is 2.11. The number of aromatic nitrogens is 2. The Kier molecular flexibility index (Phi) is 3.60. The van der Waals surface area contributed by atoms with Crippen LogP contribution in [0.25, 0.3) is 5.69 Å². The van der Waals surface area contributed by atoms with E-state index in [0.717, 1.165) is 47.0 Å². The summed E-state index contributed by atoms with van der Waals surface area (Å²) in [5.74, 6) is 1.07. The highest BCUT2D eigenvalue weighted by molar-refractivity contribution is 7.80. The summed E-state index contributed by atoms with van der Waals surface area (Å²) in [5, 5.41) is 4.31. The van der Waals surface area contributed by atoms with Crippen molar-refractivity contribution in [3.05, 3.63) is 48.0 Å². The number of aryl methyl sites for hydroxylation is 1. The van der Waals surface area contributed by atoms with Crippen LogP contribution in [0.2, 0.25) is 0 Å². The van der Waals surface area contributed by atoms with Gasteiger partial charge in [-0.3, -0.25) is 5.43 Å². The standard InChI is InChI=1S/C15H16N4S/c1-2-14-16-9-10-19(14)12-5-3-11(4-6-12)13-7-8-15(20)18-17-13/h3-6,9-10H,2,7-8H2,1H3,(H,18,20). The maximum absolute atomic E-state index is 5.08. The molecular formula is C15H16N4S. The third-order valence-electron chi connectivity index (χ3n) is 3.42. The topological polar surface area (TPSA) is 42.2 Å². The van der Waals surface area contributed by atoms with Gasteiger partial charge in [0.1, 0.15) is 5.82 Å². The Morgan fingerprint density at radius 3 is 2.70 bits per heavy atom. The third-order valence-corrected chi connectivity index (χ3v) is 3.71. The van der Waals surface area contributed by atoms with Gasteiger partial charge in [0.25, 0.3) is 0 Å². The van der Waals surface area contributed by atoms with Crippen LogP contribution >= 0.6 is 12.2 Å². The fourth-order valence-corrected chi connectivity index (χ4v) is 2.48. The highest BCUT2D eigenvalue weighted by atomic mass is 32.1. The van der Waals surface area contributed by atoms with Crippen molar-refractivity contribution in [1.82, 2.24) is 15.0 Å². The first-order valence-corrected chi connectivity index (χ1v) is 7.17. The SMILES string of the molecule is CCc1nccn1-c1ccc(C2=NNC(=S)CC2)cc1. The number of rotatable bonds is 3. The molecule has 4 nitrogen and oxygen atoms in total. The van der Waals surface area contributed by atoms with E-state index >= 15 is 0 Å². The van der Waals surface area contributed by atoms with Gasteiger partial charge in [0.15, 0.2) is 0 Å². The Labute approximate surface area is 123 Å². The summed E-state index contributed by atoms with van der Waals surface area (Å²) in [5.41, 5.74) is 6.23. The molecule has 2 heterocycles. The van der Waals surface area contributed by atoms with Crippen molar-refractivity contribution < 1.29 is 0 Å². The molecule has 0 fully saturated rings. The van der Waals surface area contributed by atoms with Gasteiger partial charge >= 0.3 is 0 Å². The third kappa shape index (κ3) is 2.49. The lowest BCUT2D eigenvalue weighted by atomic mass is 10.0. The van der Waals surface area contributed by atoms with Crippen molar-refractivity contribution in [2.24, 2.45) is 5.10 Å². The summed E-state index contributed by atoms with van der Waals surface area (Å²) < 4.78 is 2.11. The van der Waals surface area contributed by atoms with E-state index in [1.807, 2.05) is 12.4 Å². The first kappa shape index (κ1) is 13.0. The molecule has 1 aliphatic rings. The smallest absolute Gasteiger partial charge is 0.112 e. The van der Waals surface area contributed by atoms with Crippen LogP contribution in [0.4, 0.5) is 0 Å². The molecule has 0 unspecified atom stereocenters. The molecule has 0 radical (unpaired) electrons. The van der Waals surface area contributed by atoms with E-state index in [4.69, 9.17) is 12.2 Å². The Hall–Kier alpha value is -2.01. The molecule has 0 aliphatic carbocycles.